The smallest absolute Gasteiger partial charge is 0.225 e. The Bertz CT molecular complexity index is 298. The van der Waals surface area contributed by atoms with Crippen LogP contribution in [0.25, 0.3) is 0 Å². The number of nitrogens with two attached hydrogens (primary N) is 1. The number of carbonyl (C=O) groups excluding carboxylic acids is 1. The van der Waals surface area contributed by atoms with E-state index in [1.54, 1.807) is 6.92 Å². The zero-order valence-electron chi connectivity index (χ0n) is 8.13. The SMILES string of the molecule is CCC(C(N)=O)c1c(C)noc1C. The van der Waals surface area contributed by atoms with E-state index in [1.807, 2.05) is 13.8 Å². The molecule has 2 N–H and O–H groups in total. The summed E-state index contributed by atoms with van der Waals surface area (Å²) >= 11 is 0. The second kappa shape index (κ2) is 3.60. The van der Waals surface area contributed by atoms with Crippen LogP contribution in [-0.2, 0) is 4.79 Å². The molecule has 1 rings (SSSR count). The monoisotopic (exact) mass is 182 g/mol. The lowest BCUT2D eigenvalue weighted by molar-refractivity contribution is -0.119. The Labute approximate surface area is 77.1 Å². The fraction of sp³-hybridized carbons (Fsp3) is 0.556. The highest BCUT2D eigenvalue weighted by Crippen LogP contribution is 2.25. The van der Waals surface area contributed by atoms with E-state index in [2.05, 4.69) is 5.16 Å². The molecule has 4 heteroatoms. The molecule has 0 aliphatic rings. The van der Waals surface area contributed by atoms with E-state index in [0.29, 0.717) is 12.2 Å². The summed E-state index contributed by atoms with van der Waals surface area (Å²) in [5.41, 5.74) is 6.86. The van der Waals surface area contributed by atoms with Crippen LogP contribution in [0.2, 0.25) is 0 Å². The molecule has 0 aliphatic carbocycles. The van der Waals surface area contributed by atoms with E-state index in [9.17, 15) is 4.79 Å². The maximum Gasteiger partial charge on any atom is 0.225 e. The minimum atomic E-state index is -0.322. The molecule has 0 aliphatic heterocycles. The van der Waals surface area contributed by atoms with Gasteiger partial charge in [-0.05, 0) is 20.3 Å². The fourth-order valence-electron chi connectivity index (χ4n) is 1.54. The lowest BCUT2D eigenvalue weighted by Gasteiger charge is -2.09. The summed E-state index contributed by atoms with van der Waals surface area (Å²) in [6, 6.07) is 0. The zero-order chi connectivity index (χ0) is 10.0. The molecule has 0 aromatic carbocycles. The summed E-state index contributed by atoms with van der Waals surface area (Å²) in [5, 5.41) is 3.78. The highest BCUT2D eigenvalue weighted by molar-refractivity contribution is 5.82. The van der Waals surface area contributed by atoms with Crippen molar-refractivity contribution < 1.29 is 9.32 Å². The van der Waals surface area contributed by atoms with Crippen molar-refractivity contribution in [2.75, 3.05) is 0 Å². The van der Waals surface area contributed by atoms with Gasteiger partial charge in [0.05, 0.1) is 11.6 Å². The number of aromatic nitrogens is 1. The van der Waals surface area contributed by atoms with Crippen LogP contribution < -0.4 is 5.73 Å². The van der Waals surface area contributed by atoms with Crippen LogP contribution in [-0.4, -0.2) is 11.1 Å². The van der Waals surface area contributed by atoms with E-state index in [4.69, 9.17) is 10.3 Å². The maximum atomic E-state index is 11.1. The molecule has 0 radical (unpaired) electrons. The van der Waals surface area contributed by atoms with Crippen molar-refractivity contribution in [1.82, 2.24) is 5.16 Å². The number of aryl methyl sites for hydroxylation is 2. The van der Waals surface area contributed by atoms with Gasteiger partial charge in [-0.25, -0.2) is 0 Å². The number of rotatable bonds is 3. The largest absolute Gasteiger partial charge is 0.369 e. The second-order valence-electron chi connectivity index (χ2n) is 3.10. The third-order valence-corrected chi connectivity index (χ3v) is 2.19. The van der Waals surface area contributed by atoms with Crippen LogP contribution in [0, 0.1) is 13.8 Å². The average molecular weight is 182 g/mol. The Morgan fingerprint density at radius 2 is 2.23 bits per heavy atom. The molecule has 4 nitrogen and oxygen atoms in total. The molecule has 1 aromatic rings. The molecule has 1 aromatic heterocycles. The van der Waals surface area contributed by atoms with E-state index in [0.717, 1.165) is 11.3 Å². The Morgan fingerprint density at radius 3 is 2.54 bits per heavy atom. The van der Waals surface area contributed by atoms with Crippen molar-refractivity contribution in [3.05, 3.63) is 17.0 Å². The first-order valence-corrected chi connectivity index (χ1v) is 4.30. The van der Waals surface area contributed by atoms with Crippen LogP contribution in [0.5, 0.6) is 0 Å². The van der Waals surface area contributed by atoms with Crippen LogP contribution in [0.4, 0.5) is 0 Å². The number of hydrogen-bond acceptors (Lipinski definition) is 3. The molecule has 1 heterocycles. The first-order valence-electron chi connectivity index (χ1n) is 4.30. The normalized spacial score (nSPS) is 12.8. The lowest BCUT2D eigenvalue weighted by Crippen LogP contribution is -2.21. The molecule has 0 saturated carbocycles. The molecule has 1 amide bonds. The number of hydrogen-bond donors (Lipinski definition) is 1. The molecule has 0 spiro atoms. The summed E-state index contributed by atoms with van der Waals surface area (Å²) in [6.45, 7) is 5.53. The van der Waals surface area contributed by atoms with E-state index >= 15 is 0 Å². The molecular formula is C9H14N2O2. The van der Waals surface area contributed by atoms with Gasteiger partial charge in [0.15, 0.2) is 0 Å². The first-order chi connectivity index (χ1) is 6.07. The third-order valence-electron chi connectivity index (χ3n) is 2.19. The van der Waals surface area contributed by atoms with Crippen molar-refractivity contribution >= 4 is 5.91 Å². The minimum absolute atomic E-state index is 0.272. The molecule has 0 bridgehead atoms. The predicted molar refractivity (Wildman–Crippen MR) is 48.2 cm³/mol. The van der Waals surface area contributed by atoms with Gasteiger partial charge in [0.25, 0.3) is 0 Å². The van der Waals surface area contributed by atoms with Gasteiger partial charge in [0, 0.05) is 5.56 Å². The Kier molecular flexibility index (Phi) is 2.70. The first kappa shape index (κ1) is 9.77. The maximum absolute atomic E-state index is 11.1. The average Bonchev–Trinajstić information content (AvgIpc) is 2.36. The lowest BCUT2D eigenvalue weighted by atomic mass is 9.94. The number of nitrogens with zero attached hydrogens (tertiary/aromatic N) is 1. The van der Waals surface area contributed by atoms with Crippen molar-refractivity contribution in [3.63, 3.8) is 0 Å². The topological polar surface area (TPSA) is 69.1 Å². The van der Waals surface area contributed by atoms with Gasteiger partial charge in [-0.3, -0.25) is 4.79 Å². The van der Waals surface area contributed by atoms with Crippen molar-refractivity contribution in [3.8, 4) is 0 Å². The Morgan fingerprint density at radius 1 is 1.62 bits per heavy atom. The quantitative estimate of drug-likeness (QED) is 0.765. The number of primary amides is 1. The highest BCUT2D eigenvalue weighted by Gasteiger charge is 2.23. The van der Waals surface area contributed by atoms with Crippen LogP contribution >= 0.6 is 0 Å². The summed E-state index contributed by atoms with van der Waals surface area (Å²) in [7, 11) is 0. The van der Waals surface area contributed by atoms with Gasteiger partial charge >= 0.3 is 0 Å². The molecule has 1 unspecified atom stereocenters. The van der Waals surface area contributed by atoms with Gasteiger partial charge < -0.3 is 10.3 Å². The van der Waals surface area contributed by atoms with Crippen molar-refractivity contribution in [2.24, 2.45) is 5.73 Å². The van der Waals surface area contributed by atoms with Gasteiger partial charge in [-0.15, -0.1) is 0 Å². The van der Waals surface area contributed by atoms with E-state index in [-0.39, 0.29) is 11.8 Å². The van der Waals surface area contributed by atoms with Crippen molar-refractivity contribution in [1.29, 1.82) is 0 Å². The third kappa shape index (κ3) is 1.71. The number of amides is 1. The Hall–Kier alpha value is -1.32. The van der Waals surface area contributed by atoms with Crippen LogP contribution in [0.15, 0.2) is 4.52 Å². The van der Waals surface area contributed by atoms with Gasteiger partial charge in [-0.2, -0.15) is 0 Å². The fourth-order valence-corrected chi connectivity index (χ4v) is 1.54. The molecule has 13 heavy (non-hydrogen) atoms. The van der Waals surface area contributed by atoms with E-state index < -0.39 is 0 Å². The standard InChI is InChI=1S/C9H14N2O2/c1-4-7(9(10)12)8-5(2)11-13-6(8)3/h7H,4H2,1-3H3,(H2,10,12). The summed E-state index contributed by atoms with van der Waals surface area (Å²) in [4.78, 5) is 11.1. The Balaban J connectivity index is 3.10. The summed E-state index contributed by atoms with van der Waals surface area (Å²) in [6.07, 6.45) is 0.679. The number of carbonyl (C=O) groups is 1. The van der Waals surface area contributed by atoms with Gasteiger partial charge in [-0.1, -0.05) is 12.1 Å². The second-order valence-corrected chi connectivity index (χ2v) is 3.10. The van der Waals surface area contributed by atoms with E-state index in [1.165, 1.54) is 0 Å². The van der Waals surface area contributed by atoms with Crippen molar-refractivity contribution in [2.45, 2.75) is 33.1 Å². The van der Waals surface area contributed by atoms with Crippen LogP contribution in [0.1, 0.15) is 36.3 Å². The van der Waals surface area contributed by atoms with Gasteiger partial charge in [0.2, 0.25) is 5.91 Å². The molecule has 72 valence electrons. The molecule has 0 fully saturated rings. The van der Waals surface area contributed by atoms with Gasteiger partial charge in [0.1, 0.15) is 5.76 Å². The molecule has 1 atom stereocenters. The van der Waals surface area contributed by atoms with Crippen LogP contribution in [0.3, 0.4) is 0 Å². The summed E-state index contributed by atoms with van der Waals surface area (Å²) in [5.74, 6) is 0.0892. The highest BCUT2D eigenvalue weighted by atomic mass is 16.5. The minimum Gasteiger partial charge on any atom is -0.369 e. The molecule has 0 saturated heterocycles. The predicted octanol–water partition coefficient (Wildman–Crippen LogP) is 1.27. The summed E-state index contributed by atoms with van der Waals surface area (Å²) < 4.78 is 4.97. The molecular weight excluding hydrogens is 168 g/mol. The zero-order valence-corrected chi connectivity index (χ0v) is 8.13.